The van der Waals surface area contributed by atoms with Crippen LogP contribution in [0.4, 0.5) is 0 Å². The molecule has 2 atom stereocenters. The molecular formula is C14H30N2. The molecule has 1 aliphatic rings. The number of likely N-dealkylation sites (tertiary alicyclic amines) is 1. The molecule has 1 heterocycles. The van der Waals surface area contributed by atoms with Crippen molar-refractivity contribution in [2.75, 3.05) is 19.6 Å². The van der Waals surface area contributed by atoms with E-state index in [2.05, 4.69) is 18.7 Å². The van der Waals surface area contributed by atoms with Gasteiger partial charge in [0.15, 0.2) is 0 Å². The van der Waals surface area contributed by atoms with Crippen LogP contribution < -0.4 is 5.73 Å². The van der Waals surface area contributed by atoms with Gasteiger partial charge in [0.2, 0.25) is 0 Å². The van der Waals surface area contributed by atoms with Gasteiger partial charge in [0.05, 0.1) is 0 Å². The minimum Gasteiger partial charge on any atom is -0.330 e. The molecule has 2 heteroatoms. The molecule has 2 unspecified atom stereocenters. The standard InChI is InChI=1S/C14H30N2/c1-3-14-9-5-4-6-10-16(14)11-7-8-13(2)12-15/h13-14H,3-12,15H2,1-2H3. The molecule has 1 aliphatic heterocycles. The molecule has 16 heavy (non-hydrogen) atoms. The molecule has 1 fully saturated rings. The second kappa shape index (κ2) is 8.08. The SMILES string of the molecule is CCC1CCCCCN1CCCC(C)CN. The van der Waals surface area contributed by atoms with Crippen molar-refractivity contribution in [3.63, 3.8) is 0 Å². The van der Waals surface area contributed by atoms with Crippen LogP contribution in [0, 0.1) is 5.92 Å². The first-order valence-corrected chi connectivity index (χ1v) is 7.22. The van der Waals surface area contributed by atoms with E-state index < -0.39 is 0 Å². The molecule has 0 aromatic rings. The van der Waals surface area contributed by atoms with Crippen molar-refractivity contribution >= 4 is 0 Å². The van der Waals surface area contributed by atoms with Gasteiger partial charge in [0.25, 0.3) is 0 Å². The summed E-state index contributed by atoms with van der Waals surface area (Å²) in [5.74, 6) is 0.701. The number of rotatable bonds is 6. The Balaban J connectivity index is 2.25. The maximum absolute atomic E-state index is 5.66. The Hall–Kier alpha value is -0.0800. The highest BCUT2D eigenvalue weighted by Crippen LogP contribution is 2.19. The molecule has 0 aromatic heterocycles. The molecule has 0 radical (unpaired) electrons. The zero-order chi connectivity index (χ0) is 11.8. The first kappa shape index (κ1) is 14.0. The van der Waals surface area contributed by atoms with Gasteiger partial charge in [-0.3, -0.25) is 0 Å². The van der Waals surface area contributed by atoms with Crippen LogP contribution in [0.5, 0.6) is 0 Å². The Kier molecular flexibility index (Phi) is 7.06. The third kappa shape index (κ3) is 4.84. The summed E-state index contributed by atoms with van der Waals surface area (Å²) in [7, 11) is 0. The summed E-state index contributed by atoms with van der Waals surface area (Å²) in [4.78, 5) is 2.73. The van der Waals surface area contributed by atoms with Gasteiger partial charge in [-0.1, -0.05) is 26.7 Å². The summed E-state index contributed by atoms with van der Waals surface area (Å²) in [5, 5.41) is 0. The Bertz CT molecular complexity index is 170. The monoisotopic (exact) mass is 226 g/mol. The van der Waals surface area contributed by atoms with Gasteiger partial charge in [-0.2, -0.15) is 0 Å². The van der Waals surface area contributed by atoms with Gasteiger partial charge < -0.3 is 10.6 Å². The Labute approximate surface area is 102 Å². The molecule has 0 amide bonds. The summed E-state index contributed by atoms with van der Waals surface area (Å²) >= 11 is 0. The normalized spacial score (nSPS) is 25.3. The predicted molar refractivity (Wildman–Crippen MR) is 71.6 cm³/mol. The van der Waals surface area contributed by atoms with Gasteiger partial charge in [-0.15, -0.1) is 0 Å². The Morgan fingerprint density at radius 2 is 2.12 bits per heavy atom. The fourth-order valence-corrected chi connectivity index (χ4v) is 2.75. The number of nitrogens with two attached hydrogens (primary N) is 1. The first-order chi connectivity index (χ1) is 7.77. The second-order valence-corrected chi connectivity index (χ2v) is 5.43. The molecule has 0 saturated carbocycles. The van der Waals surface area contributed by atoms with Crippen molar-refractivity contribution in [3.05, 3.63) is 0 Å². The fraction of sp³-hybridized carbons (Fsp3) is 1.00. The zero-order valence-electron chi connectivity index (χ0n) is 11.3. The average Bonchev–Trinajstić information content (AvgIpc) is 2.53. The van der Waals surface area contributed by atoms with E-state index in [4.69, 9.17) is 5.73 Å². The number of hydrogen-bond acceptors (Lipinski definition) is 2. The molecule has 1 rings (SSSR count). The Morgan fingerprint density at radius 3 is 2.81 bits per heavy atom. The molecule has 0 aromatic carbocycles. The lowest BCUT2D eigenvalue weighted by atomic mass is 10.0. The van der Waals surface area contributed by atoms with Gasteiger partial charge in [-0.05, 0) is 57.7 Å². The molecule has 0 bridgehead atoms. The highest BCUT2D eigenvalue weighted by molar-refractivity contribution is 4.74. The average molecular weight is 226 g/mol. The van der Waals surface area contributed by atoms with E-state index in [1.807, 2.05) is 0 Å². The number of hydrogen-bond donors (Lipinski definition) is 1. The molecule has 0 spiro atoms. The zero-order valence-corrected chi connectivity index (χ0v) is 11.3. The van der Waals surface area contributed by atoms with E-state index in [0.29, 0.717) is 5.92 Å². The van der Waals surface area contributed by atoms with Crippen molar-refractivity contribution in [2.45, 2.75) is 64.8 Å². The van der Waals surface area contributed by atoms with Crippen molar-refractivity contribution < 1.29 is 0 Å². The van der Waals surface area contributed by atoms with E-state index in [1.165, 1.54) is 58.0 Å². The summed E-state index contributed by atoms with van der Waals surface area (Å²) in [6.45, 7) is 8.07. The smallest absolute Gasteiger partial charge is 0.00926 e. The van der Waals surface area contributed by atoms with E-state index in [-0.39, 0.29) is 0 Å². The van der Waals surface area contributed by atoms with Crippen LogP contribution in [0.15, 0.2) is 0 Å². The van der Waals surface area contributed by atoms with Crippen LogP contribution in [-0.2, 0) is 0 Å². The topological polar surface area (TPSA) is 29.3 Å². The molecule has 0 aliphatic carbocycles. The molecule has 96 valence electrons. The lowest BCUT2D eigenvalue weighted by Gasteiger charge is -2.29. The largest absolute Gasteiger partial charge is 0.330 e. The van der Waals surface area contributed by atoms with E-state index in [1.54, 1.807) is 0 Å². The van der Waals surface area contributed by atoms with Gasteiger partial charge in [-0.25, -0.2) is 0 Å². The quantitative estimate of drug-likeness (QED) is 0.754. The maximum Gasteiger partial charge on any atom is 0.00926 e. The third-order valence-corrected chi connectivity index (χ3v) is 4.01. The second-order valence-electron chi connectivity index (χ2n) is 5.43. The molecular weight excluding hydrogens is 196 g/mol. The molecule has 1 saturated heterocycles. The minimum absolute atomic E-state index is 0.701. The van der Waals surface area contributed by atoms with Crippen LogP contribution in [0.25, 0.3) is 0 Å². The molecule has 2 nitrogen and oxygen atoms in total. The van der Waals surface area contributed by atoms with Crippen LogP contribution in [0.1, 0.15) is 58.8 Å². The Morgan fingerprint density at radius 1 is 1.31 bits per heavy atom. The van der Waals surface area contributed by atoms with Crippen molar-refractivity contribution in [2.24, 2.45) is 11.7 Å². The van der Waals surface area contributed by atoms with Crippen molar-refractivity contribution in [1.82, 2.24) is 4.90 Å². The highest BCUT2D eigenvalue weighted by atomic mass is 15.1. The van der Waals surface area contributed by atoms with Gasteiger partial charge in [0, 0.05) is 6.04 Å². The first-order valence-electron chi connectivity index (χ1n) is 7.22. The van der Waals surface area contributed by atoms with Crippen LogP contribution in [-0.4, -0.2) is 30.6 Å². The van der Waals surface area contributed by atoms with Gasteiger partial charge >= 0.3 is 0 Å². The van der Waals surface area contributed by atoms with Crippen LogP contribution in [0.3, 0.4) is 0 Å². The maximum atomic E-state index is 5.66. The van der Waals surface area contributed by atoms with E-state index in [9.17, 15) is 0 Å². The summed E-state index contributed by atoms with van der Waals surface area (Å²) in [6, 6.07) is 0.857. The lowest BCUT2D eigenvalue weighted by Crippen LogP contribution is -2.35. The molecule has 2 N–H and O–H groups in total. The van der Waals surface area contributed by atoms with Crippen LogP contribution in [0.2, 0.25) is 0 Å². The van der Waals surface area contributed by atoms with Crippen molar-refractivity contribution in [1.29, 1.82) is 0 Å². The van der Waals surface area contributed by atoms with E-state index >= 15 is 0 Å². The lowest BCUT2D eigenvalue weighted by molar-refractivity contribution is 0.188. The van der Waals surface area contributed by atoms with E-state index in [0.717, 1.165) is 12.6 Å². The van der Waals surface area contributed by atoms with Crippen molar-refractivity contribution in [3.8, 4) is 0 Å². The fourth-order valence-electron chi connectivity index (χ4n) is 2.75. The van der Waals surface area contributed by atoms with Crippen LogP contribution >= 0.6 is 0 Å². The third-order valence-electron chi connectivity index (χ3n) is 4.01. The predicted octanol–water partition coefficient (Wildman–Crippen LogP) is 3.02. The number of nitrogens with zero attached hydrogens (tertiary/aromatic N) is 1. The van der Waals surface area contributed by atoms with Gasteiger partial charge in [0.1, 0.15) is 0 Å². The summed E-state index contributed by atoms with van der Waals surface area (Å²) in [5.41, 5.74) is 5.66. The summed E-state index contributed by atoms with van der Waals surface area (Å²) in [6.07, 6.45) is 9.65. The minimum atomic E-state index is 0.701. The highest BCUT2D eigenvalue weighted by Gasteiger charge is 2.18. The summed E-state index contributed by atoms with van der Waals surface area (Å²) < 4.78 is 0.